The highest BCUT2D eigenvalue weighted by atomic mass is 16.6. The average Bonchev–Trinajstić information content (AvgIpc) is 3.31. The van der Waals surface area contributed by atoms with Crippen LogP contribution in [0.1, 0.15) is 51.2 Å². The highest BCUT2D eigenvalue weighted by Crippen LogP contribution is 2.27. The lowest BCUT2D eigenvalue weighted by atomic mass is 10.0. The molecule has 206 valence electrons. The highest BCUT2D eigenvalue weighted by molar-refractivity contribution is 5.97. The van der Waals surface area contributed by atoms with Crippen LogP contribution in [-0.4, -0.2) is 47.0 Å². The summed E-state index contributed by atoms with van der Waals surface area (Å²) in [6.45, 7) is 5.79. The first kappa shape index (κ1) is 27.7. The standard InChI is InChI=1S/C29H35N5O5/c1-29(2,3)39-28(38)31-23(17-20-18-30-22-12-6-5-11-21(20)22)27(37)33-32-25(35)14-15-26(36)34-16-8-10-19-9-4-7-13-24(19)34/h4-7,9,11-13,18,23,30H,8,10,14-17H2,1-3H3,(H,31,38)(H,32,35)(H,33,37)/t23-/m1/s1. The van der Waals surface area contributed by atoms with Crippen LogP contribution in [0.2, 0.25) is 0 Å². The van der Waals surface area contributed by atoms with Gasteiger partial charge in [-0.25, -0.2) is 4.79 Å². The van der Waals surface area contributed by atoms with Gasteiger partial charge in [-0.1, -0.05) is 36.4 Å². The molecule has 0 saturated heterocycles. The summed E-state index contributed by atoms with van der Waals surface area (Å²) in [4.78, 5) is 55.7. The van der Waals surface area contributed by atoms with E-state index in [1.54, 1.807) is 31.9 Å². The lowest BCUT2D eigenvalue weighted by Crippen LogP contribution is -2.53. The van der Waals surface area contributed by atoms with Crippen LogP contribution in [0.15, 0.2) is 54.7 Å². The molecule has 10 nitrogen and oxygen atoms in total. The number of hydrazine groups is 1. The summed E-state index contributed by atoms with van der Waals surface area (Å²) in [6, 6.07) is 14.4. The summed E-state index contributed by atoms with van der Waals surface area (Å²) >= 11 is 0. The molecule has 0 unspecified atom stereocenters. The number of para-hydroxylation sites is 2. The lowest BCUT2D eigenvalue weighted by Gasteiger charge is -2.29. The maximum Gasteiger partial charge on any atom is 0.408 e. The van der Waals surface area contributed by atoms with E-state index in [-0.39, 0.29) is 25.2 Å². The Morgan fingerprint density at radius 2 is 1.74 bits per heavy atom. The SMILES string of the molecule is CC(C)(C)OC(=O)N[C@H](Cc1c[nH]c2ccccc12)C(=O)NNC(=O)CCC(=O)N1CCCc2ccccc21. The summed E-state index contributed by atoms with van der Waals surface area (Å²) < 4.78 is 5.33. The van der Waals surface area contributed by atoms with E-state index in [9.17, 15) is 19.2 Å². The summed E-state index contributed by atoms with van der Waals surface area (Å²) in [7, 11) is 0. The Morgan fingerprint density at radius 1 is 1.00 bits per heavy atom. The molecule has 10 heteroatoms. The molecule has 0 fully saturated rings. The number of anilines is 1. The van der Waals surface area contributed by atoms with Gasteiger partial charge in [0.1, 0.15) is 11.6 Å². The maximum atomic E-state index is 13.1. The molecule has 0 aliphatic carbocycles. The van der Waals surface area contributed by atoms with Crippen molar-refractivity contribution in [2.24, 2.45) is 0 Å². The molecule has 39 heavy (non-hydrogen) atoms. The van der Waals surface area contributed by atoms with E-state index in [0.29, 0.717) is 6.54 Å². The molecular weight excluding hydrogens is 498 g/mol. The number of carbonyl (C=O) groups excluding carboxylic acids is 4. The van der Waals surface area contributed by atoms with Crippen molar-refractivity contribution in [3.8, 4) is 0 Å². The fourth-order valence-corrected chi connectivity index (χ4v) is 4.61. The molecule has 2 aromatic carbocycles. The normalized spacial score (nSPS) is 13.8. The third kappa shape index (κ3) is 7.37. The molecule has 4 N–H and O–H groups in total. The van der Waals surface area contributed by atoms with Crippen LogP contribution < -0.4 is 21.1 Å². The van der Waals surface area contributed by atoms with Gasteiger partial charge >= 0.3 is 6.09 Å². The van der Waals surface area contributed by atoms with Crippen LogP contribution in [-0.2, 0) is 32.0 Å². The predicted molar refractivity (Wildman–Crippen MR) is 148 cm³/mol. The molecule has 1 aliphatic rings. The van der Waals surface area contributed by atoms with Gasteiger partial charge in [-0.15, -0.1) is 0 Å². The molecule has 0 bridgehead atoms. The largest absolute Gasteiger partial charge is 0.444 e. The predicted octanol–water partition coefficient (Wildman–Crippen LogP) is 3.51. The van der Waals surface area contributed by atoms with Gasteiger partial charge < -0.3 is 19.9 Å². The van der Waals surface area contributed by atoms with Crippen molar-refractivity contribution in [2.75, 3.05) is 11.4 Å². The molecule has 4 amide bonds. The van der Waals surface area contributed by atoms with Crippen molar-refractivity contribution >= 4 is 40.4 Å². The molecule has 1 aromatic heterocycles. The Labute approximate surface area is 227 Å². The van der Waals surface area contributed by atoms with Crippen LogP contribution in [0.5, 0.6) is 0 Å². The van der Waals surface area contributed by atoms with Gasteiger partial charge in [0.2, 0.25) is 11.8 Å². The van der Waals surface area contributed by atoms with Crippen LogP contribution in [0.3, 0.4) is 0 Å². The first-order valence-electron chi connectivity index (χ1n) is 13.1. The van der Waals surface area contributed by atoms with Crippen molar-refractivity contribution in [3.05, 3.63) is 65.9 Å². The van der Waals surface area contributed by atoms with E-state index < -0.39 is 29.6 Å². The zero-order chi connectivity index (χ0) is 28.0. The Morgan fingerprint density at radius 3 is 2.54 bits per heavy atom. The molecule has 1 atom stereocenters. The summed E-state index contributed by atoms with van der Waals surface area (Å²) in [6.07, 6.45) is 2.90. The first-order chi connectivity index (χ1) is 18.6. The van der Waals surface area contributed by atoms with Crippen molar-refractivity contribution in [1.29, 1.82) is 0 Å². The van der Waals surface area contributed by atoms with E-state index >= 15 is 0 Å². The first-order valence-corrected chi connectivity index (χ1v) is 13.1. The van der Waals surface area contributed by atoms with E-state index in [0.717, 1.165) is 40.6 Å². The number of carbonyl (C=O) groups is 4. The number of rotatable bonds is 7. The fraction of sp³-hybridized carbons (Fsp3) is 0.379. The topological polar surface area (TPSA) is 133 Å². The minimum atomic E-state index is -1.02. The van der Waals surface area contributed by atoms with Crippen LogP contribution in [0.25, 0.3) is 10.9 Å². The molecule has 2 heterocycles. The molecule has 3 aromatic rings. The van der Waals surface area contributed by atoms with Gasteiger partial charge in [0, 0.05) is 48.6 Å². The lowest BCUT2D eigenvalue weighted by molar-refractivity contribution is -0.130. The number of aryl methyl sites for hydroxylation is 1. The molecule has 0 radical (unpaired) electrons. The number of nitrogens with one attached hydrogen (secondary N) is 4. The highest BCUT2D eigenvalue weighted by Gasteiger charge is 2.27. The second-order valence-corrected chi connectivity index (χ2v) is 10.6. The molecule has 4 rings (SSSR count). The molecule has 0 saturated carbocycles. The summed E-state index contributed by atoms with van der Waals surface area (Å²) in [5.74, 6) is -1.27. The van der Waals surface area contributed by atoms with Gasteiger partial charge in [0.05, 0.1) is 0 Å². The number of aromatic nitrogens is 1. The maximum absolute atomic E-state index is 13.1. The van der Waals surface area contributed by atoms with Gasteiger partial charge in [0.15, 0.2) is 0 Å². The van der Waals surface area contributed by atoms with Crippen LogP contribution in [0.4, 0.5) is 10.5 Å². The number of alkyl carbamates (subject to hydrolysis) is 1. The Hall–Kier alpha value is -4.34. The Balaban J connectivity index is 1.34. The Bertz CT molecular complexity index is 1360. The Kier molecular flexibility index (Phi) is 8.53. The van der Waals surface area contributed by atoms with E-state index in [1.165, 1.54) is 0 Å². The smallest absolute Gasteiger partial charge is 0.408 e. The zero-order valence-electron chi connectivity index (χ0n) is 22.5. The van der Waals surface area contributed by atoms with Gasteiger partial charge in [-0.2, -0.15) is 0 Å². The van der Waals surface area contributed by atoms with E-state index in [1.807, 2.05) is 48.5 Å². The minimum absolute atomic E-state index is 0.00493. The fourth-order valence-electron chi connectivity index (χ4n) is 4.61. The molecular formula is C29H35N5O5. The van der Waals surface area contributed by atoms with Gasteiger partial charge in [-0.05, 0) is 56.9 Å². The second kappa shape index (κ2) is 12.0. The third-order valence-corrected chi connectivity index (χ3v) is 6.41. The number of H-pyrrole nitrogens is 1. The number of amides is 4. The number of hydrogen-bond acceptors (Lipinski definition) is 5. The molecule has 1 aliphatic heterocycles. The summed E-state index contributed by atoms with van der Waals surface area (Å²) in [5.41, 5.74) is 7.73. The van der Waals surface area contributed by atoms with Crippen LogP contribution in [0, 0.1) is 0 Å². The third-order valence-electron chi connectivity index (χ3n) is 6.41. The second-order valence-electron chi connectivity index (χ2n) is 10.6. The zero-order valence-corrected chi connectivity index (χ0v) is 22.5. The minimum Gasteiger partial charge on any atom is -0.444 e. The number of fused-ring (bicyclic) bond motifs is 2. The monoisotopic (exact) mass is 533 g/mol. The van der Waals surface area contributed by atoms with Gasteiger partial charge in [-0.3, -0.25) is 25.2 Å². The quantitative estimate of drug-likeness (QED) is 0.345. The van der Waals surface area contributed by atoms with Crippen LogP contribution >= 0.6 is 0 Å². The number of ether oxygens (including phenoxy) is 1. The van der Waals surface area contributed by atoms with Crippen molar-refractivity contribution < 1.29 is 23.9 Å². The average molecular weight is 534 g/mol. The van der Waals surface area contributed by atoms with Crippen molar-refractivity contribution in [3.63, 3.8) is 0 Å². The summed E-state index contributed by atoms with van der Waals surface area (Å²) in [5, 5.41) is 3.52. The van der Waals surface area contributed by atoms with Crippen molar-refractivity contribution in [1.82, 2.24) is 21.2 Å². The number of hydrogen-bond donors (Lipinski definition) is 4. The number of nitrogens with zero attached hydrogens (tertiary/aromatic N) is 1. The van der Waals surface area contributed by atoms with Gasteiger partial charge in [0.25, 0.3) is 5.91 Å². The van der Waals surface area contributed by atoms with E-state index in [4.69, 9.17) is 4.74 Å². The molecule has 0 spiro atoms. The number of benzene rings is 2. The van der Waals surface area contributed by atoms with E-state index in [2.05, 4.69) is 21.2 Å². The van der Waals surface area contributed by atoms with Crippen molar-refractivity contribution in [2.45, 2.75) is 64.5 Å². The number of aromatic amines is 1.